The molecule has 2 aromatic rings. The smallest absolute Gasteiger partial charge is 0.251 e. The highest BCUT2D eigenvalue weighted by Gasteiger charge is 2.74. The second kappa shape index (κ2) is 11.4. The molecular weight excluding hydrogens is 546 g/mol. The van der Waals surface area contributed by atoms with E-state index in [0.717, 1.165) is 17.7 Å². The molecule has 0 radical (unpaired) electrons. The summed E-state index contributed by atoms with van der Waals surface area (Å²) in [6.07, 6.45) is 4.69. The van der Waals surface area contributed by atoms with E-state index in [2.05, 4.69) is 13.2 Å². The fourth-order valence-corrected chi connectivity index (χ4v) is 9.37. The zero-order valence-electron chi connectivity index (χ0n) is 22.5. The zero-order valence-corrected chi connectivity index (χ0v) is 24.1. The first kappa shape index (κ1) is 28.5. The van der Waals surface area contributed by atoms with Gasteiger partial charge in [0.25, 0.3) is 5.91 Å². The van der Waals surface area contributed by atoms with Crippen LogP contribution in [0.3, 0.4) is 0 Å². The number of benzene rings is 2. The van der Waals surface area contributed by atoms with Gasteiger partial charge in [0.15, 0.2) is 0 Å². The van der Waals surface area contributed by atoms with Crippen molar-refractivity contribution < 1.29 is 19.5 Å². The number of anilines is 2. The van der Waals surface area contributed by atoms with Gasteiger partial charge in [0, 0.05) is 30.6 Å². The second-order valence-corrected chi connectivity index (χ2v) is 12.5. The number of thioether (sulfide) groups is 1. The van der Waals surface area contributed by atoms with Crippen LogP contribution >= 0.6 is 23.4 Å². The Morgan fingerprint density at radius 2 is 1.80 bits per heavy atom. The Hall–Kier alpha value is -3.07. The topological polar surface area (TPSA) is 81.2 Å². The third-order valence-corrected chi connectivity index (χ3v) is 10.6. The van der Waals surface area contributed by atoms with Crippen LogP contribution in [0.1, 0.15) is 18.4 Å². The minimum absolute atomic E-state index is 0.0120. The van der Waals surface area contributed by atoms with Crippen molar-refractivity contribution in [2.75, 3.05) is 36.0 Å². The largest absolute Gasteiger partial charge is 0.395 e. The molecule has 3 fully saturated rings. The molecular formula is C31H34ClN3O4S. The number of para-hydroxylation sites is 2. The number of aliphatic hydroxyl groups is 1. The standard InChI is InChI=1S/C31H34ClN3O4S/c1-4-16-33(21-11-7-6-8-12-21)28(37)24-23-14-15-31(40-23)25(24)29(38)35(18-19-36)27(31)30(39)34(17-5-2)26-20(3)10-9-13-22(26)32/h4-13,23-25,27,36H,1-2,14-19H2,3H3/t23-,24+,25-,27?,31?/m0/s1. The van der Waals surface area contributed by atoms with E-state index >= 15 is 0 Å². The van der Waals surface area contributed by atoms with Gasteiger partial charge >= 0.3 is 0 Å². The fourth-order valence-electron chi connectivity index (χ4n) is 6.84. The van der Waals surface area contributed by atoms with Crippen LogP contribution in [0.2, 0.25) is 5.02 Å². The number of carbonyl (C=O) groups is 3. The molecule has 1 spiro atoms. The van der Waals surface area contributed by atoms with E-state index in [9.17, 15) is 19.5 Å². The lowest BCUT2D eigenvalue weighted by molar-refractivity contribution is -0.139. The van der Waals surface area contributed by atoms with Gasteiger partial charge in [-0.05, 0) is 43.5 Å². The van der Waals surface area contributed by atoms with Crippen LogP contribution in [0.15, 0.2) is 73.8 Å². The first-order valence-corrected chi connectivity index (χ1v) is 14.8. The van der Waals surface area contributed by atoms with Crippen molar-refractivity contribution in [2.45, 2.75) is 35.8 Å². The Morgan fingerprint density at radius 1 is 1.10 bits per heavy atom. The summed E-state index contributed by atoms with van der Waals surface area (Å²) in [4.78, 5) is 47.7. The normalized spacial score (nSPS) is 26.5. The number of likely N-dealkylation sites (tertiary alicyclic amines) is 1. The molecule has 0 saturated carbocycles. The molecule has 7 nitrogen and oxygen atoms in total. The van der Waals surface area contributed by atoms with E-state index in [4.69, 9.17) is 11.6 Å². The SMILES string of the molecule is C=CCN(C(=O)[C@@H]1[C@@H]2CCC3(S2)C(C(=O)N(CC=C)c2c(C)cccc2Cl)N(CCO)C(=O)[C@H]13)c1ccccc1. The lowest BCUT2D eigenvalue weighted by Crippen LogP contribution is -2.55. The van der Waals surface area contributed by atoms with Gasteiger partial charge in [0.05, 0.1) is 33.9 Å². The third-order valence-electron chi connectivity index (χ3n) is 8.34. The molecule has 5 atom stereocenters. The van der Waals surface area contributed by atoms with Crippen molar-refractivity contribution in [3.8, 4) is 0 Å². The summed E-state index contributed by atoms with van der Waals surface area (Å²) in [5.41, 5.74) is 2.15. The summed E-state index contributed by atoms with van der Waals surface area (Å²) in [5, 5.41) is 10.3. The van der Waals surface area contributed by atoms with Gasteiger partial charge in [0.1, 0.15) is 6.04 Å². The van der Waals surface area contributed by atoms with Crippen molar-refractivity contribution in [2.24, 2.45) is 11.8 Å². The molecule has 40 heavy (non-hydrogen) atoms. The highest BCUT2D eigenvalue weighted by Crippen LogP contribution is 2.66. The maximum atomic E-state index is 14.6. The summed E-state index contributed by atoms with van der Waals surface area (Å²) in [6, 6.07) is 14.0. The number of carbonyl (C=O) groups excluding carboxylic acids is 3. The number of aliphatic hydroxyl groups excluding tert-OH is 1. The van der Waals surface area contributed by atoms with Gasteiger partial charge in [-0.15, -0.1) is 24.9 Å². The number of hydrogen-bond donors (Lipinski definition) is 1. The van der Waals surface area contributed by atoms with E-state index in [1.807, 2.05) is 49.4 Å². The average molecular weight is 580 g/mol. The Bertz CT molecular complexity index is 1320. The van der Waals surface area contributed by atoms with E-state index in [-0.39, 0.29) is 42.7 Å². The molecule has 1 N–H and O–H groups in total. The molecule has 2 unspecified atom stereocenters. The molecule has 2 aromatic carbocycles. The predicted octanol–water partition coefficient (Wildman–Crippen LogP) is 4.47. The Kier molecular flexibility index (Phi) is 8.13. The van der Waals surface area contributed by atoms with Gasteiger partial charge in [-0.3, -0.25) is 14.4 Å². The molecule has 9 heteroatoms. The lowest BCUT2D eigenvalue weighted by atomic mass is 9.70. The van der Waals surface area contributed by atoms with Gasteiger partial charge < -0.3 is 19.8 Å². The molecule has 3 heterocycles. The molecule has 3 aliphatic rings. The second-order valence-electron chi connectivity index (χ2n) is 10.5. The summed E-state index contributed by atoms with van der Waals surface area (Å²) >= 11 is 8.20. The van der Waals surface area contributed by atoms with Gasteiger partial charge in [0.2, 0.25) is 11.8 Å². The highest BCUT2D eigenvalue weighted by atomic mass is 35.5. The number of halogens is 1. The summed E-state index contributed by atoms with van der Waals surface area (Å²) in [5.74, 6) is -1.90. The van der Waals surface area contributed by atoms with Gasteiger partial charge in [-0.2, -0.15) is 0 Å². The first-order chi connectivity index (χ1) is 19.3. The van der Waals surface area contributed by atoms with Crippen molar-refractivity contribution in [1.82, 2.24) is 4.90 Å². The van der Waals surface area contributed by atoms with Crippen molar-refractivity contribution in [1.29, 1.82) is 0 Å². The average Bonchev–Trinajstić information content (AvgIpc) is 3.59. The molecule has 3 saturated heterocycles. The fraction of sp³-hybridized carbons (Fsp3) is 0.387. The summed E-state index contributed by atoms with van der Waals surface area (Å²) in [6.45, 7) is 9.83. The van der Waals surface area contributed by atoms with Crippen LogP contribution in [-0.4, -0.2) is 70.0 Å². The maximum Gasteiger partial charge on any atom is 0.251 e. The first-order valence-electron chi connectivity index (χ1n) is 13.5. The van der Waals surface area contributed by atoms with E-state index in [1.165, 1.54) is 4.90 Å². The summed E-state index contributed by atoms with van der Waals surface area (Å²) < 4.78 is -0.778. The molecule has 0 aromatic heterocycles. The molecule has 3 amide bonds. The lowest BCUT2D eigenvalue weighted by Gasteiger charge is -2.38. The highest BCUT2D eigenvalue weighted by molar-refractivity contribution is 8.02. The monoisotopic (exact) mass is 579 g/mol. The predicted molar refractivity (Wildman–Crippen MR) is 161 cm³/mol. The zero-order chi connectivity index (χ0) is 28.6. The number of hydrogen-bond acceptors (Lipinski definition) is 5. The molecule has 3 aliphatic heterocycles. The van der Waals surface area contributed by atoms with E-state index in [1.54, 1.807) is 39.8 Å². The number of amides is 3. The van der Waals surface area contributed by atoms with Crippen LogP contribution in [0.5, 0.6) is 0 Å². The van der Waals surface area contributed by atoms with Crippen molar-refractivity contribution in [3.05, 3.63) is 84.4 Å². The minimum atomic E-state index is -0.842. The number of fused-ring (bicyclic) bond motifs is 1. The van der Waals surface area contributed by atoms with Gasteiger partial charge in [-0.1, -0.05) is 54.1 Å². The summed E-state index contributed by atoms with van der Waals surface area (Å²) in [7, 11) is 0. The number of nitrogens with zero attached hydrogens (tertiary/aromatic N) is 3. The van der Waals surface area contributed by atoms with Crippen LogP contribution in [-0.2, 0) is 14.4 Å². The van der Waals surface area contributed by atoms with Gasteiger partial charge in [-0.25, -0.2) is 0 Å². The van der Waals surface area contributed by atoms with Crippen LogP contribution in [0.4, 0.5) is 11.4 Å². The maximum absolute atomic E-state index is 14.6. The molecule has 210 valence electrons. The number of β-amino-alcohol motifs (C(OH)–C–C–N with tert-alkyl or cyclic N) is 1. The number of rotatable bonds is 10. The van der Waals surface area contributed by atoms with Crippen LogP contribution in [0, 0.1) is 18.8 Å². The minimum Gasteiger partial charge on any atom is -0.395 e. The van der Waals surface area contributed by atoms with Crippen LogP contribution < -0.4 is 9.80 Å². The molecule has 2 bridgehead atoms. The van der Waals surface area contributed by atoms with E-state index < -0.39 is 22.6 Å². The van der Waals surface area contributed by atoms with Crippen LogP contribution in [0.25, 0.3) is 0 Å². The Balaban J connectivity index is 1.57. The third kappa shape index (κ3) is 4.46. The molecule has 0 aliphatic carbocycles. The van der Waals surface area contributed by atoms with Crippen molar-refractivity contribution in [3.63, 3.8) is 0 Å². The van der Waals surface area contributed by atoms with E-state index in [0.29, 0.717) is 23.7 Å². The quantitative estimate of drug-likeness (QED) is 0.420. The Morgan fingerprint density at radius 3 is 2.45 bits per heavy atom. The van der Waals surface area contributed by atoms with Crippen molar-refractivity contribution >= 4 is 52.5 Å². The molecule has 5 rings (SSSR count). The Labute approximate surface area is 244 Å². The number of aryl methyl sites for hydroxylation is 1.